The van der Waals surface area contributed by atoms with E-state index in [4.69, 9.17) is 6.42 Å². The molecular weight excluding hydrogens is 316 g/mol. The maximum atomic E-state index is 12.0. The molecule has 0 saturated carbocycles. The SMILES string of the molecule is C#Cc1cccc(NC(=O)C(=O)NC[C@H](C)CN2CCN(C)CC2)c1. The van der Waals surface area contributed by atoms with Crippen LogP contribution in [0.3, 0.4) is 0 Å². The van der Waals surface area contributed by atoms with E-state index in [9.17, 15) is 9.59 Å². The summed E-state index contributed by atoms with van der Waals surface area (Å²) in [7, 11) is 2.12. The number of benzene rings is 1. The van der Waals surface area contributed by atoms with Gasteiger partial charge in [-0.1, -0.05) is 18.9 Å². The van der Waals surface area contributed by atoms with Crippen LogP contribution < -0.4 is 10.6 Å². The molecule has 6 heteroatoms. The van der Waals surface area contributed by atoms with E-state index in [2.05, 4.69) is 40.3 Å². The lowest BCUT2D eigenvalue weighted by atomic mass is 10.1. The maximum Gasteiger partial charge on any atom is 0.313 e. The van der Waals surface area contributed by atoms with Gasteiger partial charge in [-0.25, -0.2) is 0 Å². The van der Waals surface area contributed by atoms with Crippen molar-refractivity contribution in [2.75, 3.05) is 51.6 Å². The minimum atomic E-state index is -0.680. The van der Waals surface area contributed by atoms with Crippen molar-refractivity contribution < 1.29 is 9.59 Å². The number of likely N-dealkylation sites (N-methyl/N-ethyl adjacent to an activating group) is 1. The predicted molar refractivity (Wildman–Crippen MR) is 99.1 cm³/mol. The second-order valence-electron chi connectivity index (χ2n) is 6.60. The molecule has 6 nitrogen and oxygen atoms in total. The molecule has 1 atom stereocenters. The molecule has 134 valence electrons. The van der Waals surface area contributed by atoms with Gasteiger partial charge in [0.15, 0.2) is 0 Å². The summed E-state index contributed by atoms with van der Waals surface area (Å²) in [6, 6.07) is 6.85. The van der Waals surface area contributed by atoms with Gasteiger partial charge >= 0.3 is 11.8 Å². The number of terminal acetylenes is 1. The molecule has 1 aliphatic rings. The zero-order valence-electron chi connectivity index (χ0n) is 14.9. The van der Waals surface area contributed by atoms with E-state index >= 15 is 0 Å². The van der Waals surface area contributed by atoms with Crippen LogP contribution in [0, 0.1) is 18.3 Å². The van der Waals surface area contributed by atoms with Gasteiger partial charge in [0, 0.05) is 50.5 Å². The molecule has 0 bridgehead atoms. The Hall–Kier alpha value is -2.36. The average Bonchev–Trinajstić information content (AvgIpc) is 2.61. The molecule has 1 aromatic rings. The number of nitrogens with one attached hydrogen (secondary N) is 2. The van der Waals surface area contributed by atoms with Gasteiger partial charge in [-0.15, -0.1) is 6.42 Å². The summed E-state index contributed by atoms with van der Waals surface area (Å²) in [4.78, 5) is 28.6. The number of nitrogens with zero attached hydrogens (tertiary/aromatic N) is 2. The molecule has 2 N–H and O–H groups in total. The van der Waals surface area contributed by atoms with Crippen molar-refractivity contribution in [1.29, 1.82) is 0 Å². The molecule has 0 aromatic heterocycles. The number of rotatable bonds is 5. The third-order valence-corrected chi connectivity index (χ3v) is 4.27. The smallest absolute Gasteiger partial charge is 0.313 e. The fraction of sp³-hybridized carbons (Fsp3) is 0.474. The van der Waals surface area contributed by atoms with Crippen molar-refractivity contribution in [2.24, 2.45) is 5.92 Å². The van der Waals surface area contributed by atoms with Crippen LogP contribution in [0.1, 0.15) is 12.5 Å². The van der Waals surface area contributed by atoms with Crippen molar-refractivity contribution in [3.8, 4) is 12.3 Å². The van der Waals surface area contributed by atoms with Crippen LogP contribution in [-0.4, -0.2) is 67.9 Å². The van der Waals surface area contributed by atoms with E-state index in [1.165, 1.54) is 0 Å². The highest BCUT2D eigenvalue weighted by molar-refractivity contribution is 6.39. The molecule has 25 heavy (non-hydrogen) atoms. The van der Waals surface area contributed by atoms with Crippen LogP contribution in [0.25, 0.3) is 0 Å². The van der Waals surface area contributed by atoms with Crippen molar-refractivity contribution >= 4 is 17.5 Å². The number of carbonyl (C=O) groups excluding carboxylic acids is 2. The lowest BCUT2D eigenvalue weighted by molar-refractivity contribution is -0.136. The Morgan fingerprint density at radius 2 is 1.96 bits per heavy atom. The van der Waals surface area contributed by atoms with Crippen molar-refractivity contribution in [3.63, 3.8) is 0 Å². The molecule has 2 rings (SSSR count). The molecule has 0 unspecified atom stereocenters. The first kappa shape index (κ1) is 19.0. The number of hydrogen-bond donors (Lipinski definition) is 2. The molecule has 1 aliphatic heterocycles. The van der Waals surface area contributed by atoms with Gasteiger partial charge in [0.25, 0.3) is 0 Å². The third kappa shape index (κ3) is 6.22. The Bertz CT molecular complexity index is 645. The average molecular weight is 342 g/mol. The highest BCUT2D eigenvalue weighted by Crippen LogP contribution is 2.09. The van der Waals surface area contributed by atoms with Gasteiger partial charge in [-0.05, 0) is 31.2 Å². The molecule has 0 aliphatic carbocycles. The van der Waals surface area contributed by atoms with E-state index < -0.39 is 11.8 Å². The summed E-state index contributed by atoms with van der Waals surface area (Å²) in [6.07, 6.45) is 5.33. The highest BCUT2D eigenvalue weighted by atomic mass is 16.2. The molecule has 1 fully saturated rings. The summed E-state index contributed by atoms with van der Waals surface area (Å²) >= 11 is 0. The molecule has 1 aromatic carbocycles. The van der Waals surface area contributed by atoms with E-state index in [-0.39, 0.29) is 5.92 Å². The second-order valence-corrected chi connectivity index (χ2v) is 6.60. The Kier molecular flexibility index (Phi) is 6.99. The van der Waals surface area contributed by atoms with Gasteiger partial charge in [0.1, 0.15) is 0 Å². The Labute approximate surface area is 149 Å². The summed E-state index contributed by atoms with van der Waals surface area (Å²) in [5.41, 5.74) is 1.17. The van der Waals surface area contributed by atoms with Crippen molar-refractivity contribution in [2.45, 2.75) is 6.92 Å². The van der Waals surface area contributed by atoms with E-state index in [1.54, 1.807) is 24.3 Å². The number of carbonyl (C=O) groups is 2. The molecular formula is C19H26N4O2. The molecule has 1 saturated heterocycles. The van der Waals surface area contributed by atoms with E-state index in [1.807, 2.05) is 0 Å². The fourth-order valence-electron chi connectivity index (χ4n) is 2.76. The summed E-state index contributed by atoms with van der Waals surface area (Å²) in [6.45, 7) is 7.69. The first-order valence-electron chi connectivity index (χ1n) is 8.54. The van der Waals surface area contributed by atoms with Crippen molar-refractivity contribution in [1.82, 2.24) is 15.1 Å². The van der Waals surface area contributed by atoms with Crippen LogP contribution in [0.4, 0.5) is 5.69 Å². The zero-order chi connectivity index (χ0) is 18.2. The van der Waals surface area contributed by atoms with Gasteiger partial charge in [-0.2, -0.15) is 0 Å². The largest absolute Gasteiger partial charge is 0.348 e. The van der Waals surface area contributed by atoms with Crippen molar-refractivity contribution in [3.05, 3.63) is 29.8 Å². The predicted octanol–water partition coefficient (Wildman–Crippen LogP) is 0.606. The van der Waals surface area contributed by atoms with Crippen LogP contribution in [0.15, 0.2) is 24.3 Å². The monoisotopic (exact) mass is 342 g/mol. The number of hydrogen-bond acceptors (Lipinski definition) is 4. The lowest BCUT2D eigenvalue weighted by Gasteiger charge is -2.33. The Balaban J connectivity index is 1.73. The van der Waals surface area contributed by atoms with Gasteiger partial charge < -0.3 is 20.4 Å². The summed E-state index contributed by atoms with van der Waals surface area (Å²) in [5, 5.41) is 5.26. The maximum absolute atomic E-state index is 12.0. The van der Waals surface area contributed by atoms with Gasteiger partial charge in [-0.3, -0.25) is 9.59 Å². The fourth-order valence-corrected chi connectivity index (χ4v) is 2.76. The zero-order valence-corrected chi connectivity index (χ0v) is 14.9. The molecule has 1 heterocycles. The molecule has 0 spiro atoms. The van der Waals surface area contributed by atoms with Gasteiger partial charge in [0.05, 0.1) is 0 Å². The van der Waals surface area contributed by atoms with E-state index in [0.717, 1.165) is 32.7 Å². The molecule has 2 amide bonds. The number of piperazine rings is 1. The first-order chi connectivity index (χ1) is 12.0. The third-order valence-electron chi connectivity index (χ3n) is 4.27. The van der Waals surface area contributed by atoms with Crippen LogP contribution >= 0.6 is 0 Å². The summed E-state index contributed by atoms with van der Waals surface area (Å²) < 4.78 is 0. The topological polar surface area (TPSA) is 64.7 Å². The van der Waals surface area contributed by atoms with Gasteiger partial charge in [0.2, 0.25) is 0 Å². The summed E-state index contributed by atoms with van der Waals surface area (Å²) in [5.74, 6) is 1.47. The highest BCUT2D eigenvalue weighted by Gasteiger charge is 2.18. The minimum Gasteiger partial charge on any atom is -0.348 e. The molecule has 0 radical (unpaired) electrons. The van der Waals surface area contributed by atoms with Crippen LogP contribution in [0.5, 0.6) is 0 Å². The number of amides is 2. The van der Waals surface area contributed by atoms with E-state index in [0.29, 0.717) is 17.8 Å². The van der Waals surface area contributed by atoms with Crippen LogP contribution in [0.2, 0.25) is 0 Å². The standard InChI is InChI=1S/C19H26N4O2/c1-4-16-6-5-7-17(12-16)21-19(25)18(24)20-13-15(2)14-23-10-8-22(3)9-11-23/h1,5-7,12,15H,8-11,13-14H2,2-3H3,(H,20,24)(H,21,25)/t15-/m0/s1. The lowest BCUT2D eigenvalue weighted by Crippen LogP contribution is -2.47. The Morgan fingerprint density at radius 3 is 2.64 bits per heavy atom. The van der Waals surface area contributed by atoms with Crippen LogP contribution in [-0.2, 0) is 9.59 Å². The normalized spacial score (nSPS) is 16.7. The second kappa shape index (κ2) is 9.21. The minimum absolute atomic E-state index is 0.282. The first-order valence-corrected chi connectivity index (χ1v) is 8.54. The quantitative estimate of drug-likeness (QED) is 0.608. The Morgan fingerprint density at radius 1 is 1.24 bits per heavy atom. The number of anilines is 1.